The minimum atomic E-state index is -0.340. The highest BCUT2D eigenvalue weighted by Gasteiger charge is 2.34. The molecule has 5 nitrogen and oxygen atoms in total. The Morgan fingerprint density at radius 3 is 2.71 bits per heavy atom. The molecule has 0 bridgehead atoms. The first-order valence-electron chi connectivity index (χ1n) is 11.8. The zero-order chi connectivity index (χ0) is 23.1. The van der Waals surface area contributed by atoms with Crippen LogP contribution in [0.3, 0.4) is 0 Å². The number of benzene rings is 3. The van der Waals surface area contributed by atoms with Gasteiger partial charge in [-0.2, -0.15) is 0 Å². The molecule has 2 aliphatic heterocycles. The van der Waals surface area contributed by atoms with E-state index in [1.165, 1.54) is 16.0 Å². The normalized spacial score (nSPS) is 17.6. The van der Waals surface area contributed by atoms with E-state index in [2.05, 4.69) is 64.1 Å². The van der Waals surface area contributed by atoms with E-state index in [-0.39, 0.29) is 12.1 Å². The molecule has 0 spiro atoms. The van der Waals surface area contributed by atoms with Crippen molar-refractivity contribution >= 4 is 33.0 Å². The molecule has 0 saturated heterocycles. The number of nitrogens with zero attached hydrogens (tertiary/aromatic N) is 1. The number of nitrogens with one attached hydrogen (secondary N) is 2. The molecule has 6 heteroatoms. The van der Waals surface area contributed by atoms with Gasteiger partial charge in [-0.25, -0.2) is 0 Å². The second-order valence-corrected chi connectivity index (χ2v) is 9.94. The van der Waals surface area contributed by atoms with Crippen molar-refractivity contribution in [3.05, 3.63) is 93.9 Å². The number of rotatable bonds is 5. The smallest absolute Gasteiger partial charge is 0.256 e. The van der Waals surface area contributed by atoms with Crippen LogP contribution < -0.4 is 15.4 Å². The van der Waals surface area contributed by atoms with Crippen LogP contribution in [-0.4, -0.2) is 24.0 Å². The second-order valence-electron chi connectivity index (χ2n) is 8.84. The van der Waals surface area contributed by atoms with Gasteiger partial charge < -0.3 is 15.4 Å². The van der Waals surface area contributed by atoms with Crippen molar-refractivity contribution in [1.29, 1.82) is 0 Å². The highest BCUT2D eigenvalue weighted by Crippen LogP contribution is 2.43. The minimum absolute atomic E-state index is 0.00291. The topological polar surface area (TPSA) is 53.6 Å². The fraction of sp³-hybridized carbons (Fsp3) is 0.250. The first kappa shape index (κ1) is 21.2. The third kappa shape index (κ3) is 3.73. The summed E-state index contributed by atoms with van der Waals surface area (Å²) in [6.45, 7) is 5.32. The average molecular weight is 470 g/mol. The third-order valence-electron chi connectivity index (χ3n) is 6.68. The van der Waals surface area contributed by atoms with Crippen LogP contribution in [-0.2, 0) is 19.5 Å². The lowest BCUT2D eigenvalue weighted by atomic mass is 9.97. The van der Waals surface area contributed by atoms with Crippen molar-refractivity contribution < 1.29 is 9.53 Å². The largest absolute Gasteiger partial charge is 0.493 e. The van der Waals surface area contributed by atoms with Crippen LogP contribution in [0.4, 0.5) is 5.00 Å². The van der Waals surface area contributed by atoms with Gasteiger partial charge in [-0.05, 0) is 41.3 Å². The zero-order valence-corrected chi connectivity index (χ0v) is 20.0. The number of amides is 1. The molecule has 0 saturated carbocycles. The van der Waals surface area contributed by atoms with Crippen LogP contribution in [0.25, 0.3) is 10.8 Å². The Balaban J connectivity index is 1.32. The summed E-state index contributed by atoms with van der Waals surface area (Å²) in [6, 6.07) is 22.9. The number of thiophene rings is 1. The molecule has 2 aliphatic rings. The lowest BCUT2D eigenvalue weighted by Crippen LogP contribution is -2.39. The van der Waals surface area contributed by atoms with Gasteiger partial charge in [0, 0.05) is 30.1 Å². The van der Waals surface area contributed by atoms with Crippen LogP contribution in [0.2, 0.25) is 0 Å². The molecule has 1 aromatic heterocycles. The summed E-state index contributed by atoms with van der Waals surface area (Å²) < 4.78 is 5.98. The molecule has 2 N–H and O–H groups in total. The van der Waals surface area contributed by atoms with Crippen LogP contribution in [0, 0.1) is 0 Å². The summed E-state index contributed by atoms with van der Waals surface area (Å²) in [5.74, 6) is 0.806. The van der Waals surface area contributed by atoms with Crippen molar-refractivity contribution in [2.24, 2.45) is 0 Å². The van der Waals surface area contributed by atoms with Crippen LogP contribution in [0.15, 0.2) is 66.7 Å². The average Bonchev–Trinajstić information content (AvgIpc) is 3.23. The molecule has 6 rings (SSSR count). The molecule has 0 aliphatic carbocycles. The molecule has 3 heterocycles. The molecule has 4 aromatic rings. The van der Waals surface area contributed by atoms with E-state index in [1.54, 1.807) is 11.3 Å². The Kier molecular flexibility index (Phi) is 5.47. The molecule has 1 amide bonds. The quantitative estimate of drug-likeness (QED) is 0.393. The SMILES string of the molecule is CCOc1ccc2ccccc2c1[C@H]1NC(=O)c2c(sc3c2CCN(Cc2ccccc2)C3)N1. The van der Waals surface area contributed by atoms with Crippen molar-refractivity contribution in [2.75, 3.05) is 18.5 Å². The van der Waals surface area contributed by atoms with Gasteiger partial charge in [0.25, 0.3) is 5.91 Å². The molecule has 0 unspecified atom stereocenters. The molecule has 172 valence electrons. The van der Waals surface area contributed by atoms with Gasteiger partial charge in [-0.1, -0.05) is 60.7 Å². The van der Waals surface area contributed by atoms with Crippen LogP contribution >= 0.6 is 11.3 Å². The number of carbonyl (C=O) groups excluding carboxylic acids is 1. The highest BCUT2D eigenvalue weighted by molar-refractivity contribution is 7.16. The van der Waals surface area contributed by atoms with Gasteiger partial charge in [0.1, 0.15) is 16.9 Å². The monoisotopic (exact) mass is 469 g/mol. The summed E-state index contributed by atoms with van der Waals surface area (Å²) >= 11 is 1.72. The first-order valence-corrected chi connectivity index (χ1v) is 12.7. The molecular formula is C28H27N3O2S. The predicted octanol–water partition coefficient (Wildman–Crippen LogP) is 5.71. The number of fused-ring (bicyclic) bond motifs is 4. The van der Waals surface area contributed by atoms with Gasteiger partial charge in [-0.15, -0.1) is 11.3 Å². The molecule has 34 heavy (non-hydrogen) atoms. The number of hydrogen-bond donors (Lipinski definition) is 2. The zero-order valence-electron chi connectivity index (χ0n) is 19.1. The van der Waals surface area contributed by atoms with E-state index >= 15 is 0 Å². The van der Waals surface area contributed by atoms with E-state index < -0.39 is 0 Å². The Morgan fingerprint density at radius 1 is 1.03 bits per heavy atom. The van der Waals surface area contributed by atoms with Crippen molar-refractivity contribution in [3.63, 3.8) is 0 Å². The number of ether oxygens (including phenoxy) is 1. The lowest BCUT2D eigenvalue weighted by Gasteiger charge is -2.30. The van der Waals surface area contributed by atoms with Crippen LogP contribution in [0.1, 0.15) is 45.0 Å². The highest BCUT2D eigenvalue weighted by atomic mass is 32.1. The van der Waals surface area contributed by atoms with Gasteiger partial charge in [-0.3, -0.25) is 9.69 Å². The number of anilines is 1. The molecule has 1 atom stereocenters. The Bertz CT molecular complexity index is 1370. The van der Waals surface area contributed by atoms with E-state index in [0.29, 0.717) is 6.61 Å². The van der Waals surface area contributed by atoms with E-state index in [9.17, 15) is 4.79 Å². The third-order valence-corrected chi connectivity index (χ3v) is 7.83. The first-order chi connectivity index (χ1) is 16.7. The second kappa shape index (κ2) is 8.78. The maximum atomic E-state index is 13.4. The number of hydrogen-bond acceptors (Lipinski definition) is 5. The van der Waals surface area contributed by atoms with E-state index in [4.69, 9.17) is 4.74 Å². The molecule has 0 fully saturated rings. The summed E-state index contributed by atoms with van der Waals surface area (Å²) in [7, 11) is 0. The van der Waals surface area contributed by atoms with Gasteiger partial charge in [0.05, 0.1) is 12.2 Å². The molecule has 0 radical (unpaired) electrons. The molecule has 3 aromatic carbocycles. The standard InChI is InChI=1S/C28H27N3O2S/c1-2-33-22-13-12-19-10-6-7-11-20(19)24(22)26-29-27(32)25-21-14-15-31(16-18-8-4-3-5-9-18)17-23(21)34-28(25)30-26/h3-13,26,30H,2,14-17H2,1H3,(H,29,32)/t26-/m0/s1. The summed E-state index contributed by atoms with van der Waals surface area (Å²) in [6.07, 6.45) is 0.555. The summed E-state index contributed by atoms with van der Waals surface area (Å²) in [5, 5.41) is 10.1. The summed E-state index contributed by atoms with van der Waals surface area (Å²) in [4.78, 5) is 17.1. The van der Waals surface area contributed by atoms with E-state index in [1.807, 2.05) is 25.1 Å². The fourth-order valence-electron chi connectivity index (χ4n) is 5.14. The minimum Gasteiger partial charge on any atom is -0.493 e. The lowest BCUT2D eigenvalue weighted by molar-refractivity contribution is 0.0934. The number of carbonyl (C=O) groups is 1. The fourth-order valence-corrected chi connectivity index (χ4v) is 6.46. The van der Waals surface area contributed by atoms with Crippen LogP contribution in [0.5, 0.6) is 5.75 Å². The van der Waals surface area contributed by atoms with Gasteiger partial charge >= 0.3 is 0 Å². The Hall–Kier alpha value is -3.35. The van der Waals surface area contributed by atoms with Gasteiger partial charge in [0.15, 0.2) is 0 Å². The predicted molar refractivity (Wildman–Crippen MR) is 138 cm³/mol. The van der Waals surface area contributed by atoms with Crippen molar-refractivity contribution in [1.82, 2.24) is 10.2 Å². The maximum Gasteiger partial charge on any atom is 0.256 e. The molecular weight excluding hydrogens is 442 g/mol. The Labute approximate surface area is 203 Å². The Morgan fingerprint density at radius 2 is 1.85 bits per heavy atom. The van der Waals surface area contributed by atoms with E-state index in [0.717, 1.165) is 58.7 Å². The maximum absolute atomic E-state index is 13.4. The summed E-state index contributed by atoms with van der Waals surface area (Å²) in [5.41, 5.74) is 4.34. The van der Waals surface area contributed by atoms with Crippen molar-refractivity contribution in [3.8, 4) is 5.75 Å². The van der Waals surface area contributed by atoms with Gasteiger partial charge in [0.2, 0.25) is 0 Å². The van der Waals surface area contributed by atoms with Crippen molar-refractivity contribution in [2.45, 2.75) is 32.6 Å².